The molecule has 1 aliphatic carbocycles. The largest absolute Gasteiger partial charge is 0.478 e. The summed E-state index contributed by atoms with van der Waals surface area (Å²) in [4.78, 5) is 35.3. The quantitative estimate of drug-likeness (QED) is 0.833. The number of esters is 1. The molecule has 2 rings (SSSR count). The highest BCUT2D eigenvalue weighted by Gasteiger charge is 2.24. The van der Waals surface area contributed by atoms with E-state index in [0.29, 0.717) is 18.5 Å². The molecule has 0 saturated heterocycles. The Kier molecular flexibility index (Phi) is 4.93. The summed E-state index contributed by atoms with van der Waals surface area (Å²) in [5, 5.41) is 11.8. The number of benzene rings is 1. The standard InChI is InChI=1S/C16H17NO5/c1-22-16(21)12-8-4-5-9-13(12)17-14(18)10-6-2-3-7-11(10)15(19)20/h4-5,8-9H,2-3,6-7H2,1H3,(H,17,18)(H,19,20). The molecule has 116 valence electrons. The first-order valence-electron chi connectivity index (χ1n) is 6.98. The first kappa shape index (κ1) is 15.8. The fourth-order valence-corrected chi connectivity index (χ4v) is 2.47. The molecule has 0 unspecified atom stereocenters. The van der Waals surface area contributed by atoms with Crippen LogP contribution in [-0.4, -0.2) is 30.1 Å². The molecule has 0 aliphatic heterocycles. The monoisotopic (exact) mass is 303 g/mol. The molecule has 1 aromatic rings. The first-order chi connectivity index (χ1) is 10.5. The lowest BCUT2D eigenvalue weighted by Crippen LogP contribution is -2.22. The maximum Gasteiger partial charge on any atom is 0.339 e. The third kappa shape index (κ3) is 3.33. The normalized spacial score (nSPS) is 14.4. The van der Waals surface area contributed by atoms with Gasteiger partial charge in [0.15, 0.2) is 0 Å². The maximum atomic E-state index is 12.4. The van der Waals surface area contributed by atoms with Gasteiger partial charge in [0, 0.05) is 11.1 Å². The topological polar surface area (TPSA) is 92.7 Å². The van der Waals surface area contributed by atoms with Crippen LogP contribution in [0.3, 0.4) is 0 Å². The van der Waals surface area contributed by atoms with Crippen molar-refractivity contribution in [3.63, 3.8) is 0 Å². The minimum atomic E-state index is -1.06. The third-order valence-electron chi connectivity index (χ3n) is 3.58. The SMILES string of the molecule is COC(=O)c1ccccc1NC(=O)C1=C(C(=O)O)CCCC1. The van der Waals surface area contributed by atoms with Crippen LogP contribution in [0.25, 0.3) is 0 Å². The summed E-state index contributed by atoms with van der Waals surface area (Å²) in [7, 11) is 1.26. The van der Waals surface area contributed by atoms with Gasteiger partial charge in [-0.3, -0.25) is 4.79 Å². The minimum absolute atomic E-state index is 0.152. The lowest BCUT2D eigenvalue weighted by molar-refractivity contribution is -0.133. The van der Waals surface area contributed by atoms with E-state index < -0.39 is 17.8 Å². The number of carbonyl (C=O) groups excluding carboxylic acids is 2. The molecule has 1 aliphatic rings. The molecule has 0 fully saturated rings. The lowest BCUT2D eigenvalue weighted by Gasteiger charge is -2.18. The summed E-state index contributed by atoms with van der Waals surface area (Å²) in [6.07, 6.45) is 2.35. The van der Waals surface area contributed by atoms with Crippen molar-refractivity contribution < 1.29 is 24.2 Å². The Morgan fingerprint density at radius 1 is 1.09 bits per heavy atom. The second-order valence-electron chi connectivity index (χ2n) is 4.96. The van der Waals surface area contributed by atoms with Gasteiger partial charge in [-0.05, 0) is 37.8 Å². The number of anilines is 1. The predicted molar refractivity (Wildman–Crippen MR) is 79.5 cm³/mol. The average molecular weight is 303 g/mol. The van der Waals surface area contributed by atoms with Gasteiger partial charge in [0.25, 0.3) is 5.91 Å². The fourth-order valence-electron chi connectivity index (χ4n) is 2.47. The molecule has 0 radical (unpaired) electrons. The second kappa shape index (κ2) is 6.89. The van der Waals surface area contributed by atoms with Crippen molar-refractivity contribution >= 4 is 23.5 Å². The molecule has 0 bridgehead atoms. The predicted octanol–water partition coefficient (Wildman–Crippen LogP) is 2.37. The van der Waals surface area contributed by atoms with Crippen molar-refractivity contribution in [3.8, 4) is 0 Å². The number of ether oxygens (including phenoxy) is 1. The Labute approximate surface area is 127 Å². The second-order valence-corrected chi connectivity index (χ2v) is 4.96. The molecule has 1 amide bonds. The fraction of sp³-hybridized carbons (Fsp3) is 0.312. The van der Waals surface area contributed by atoms with Crippen LogP contribution in [-0.2, 0) is 14.3 Å². The van der Waals surface area contributed by atoms with Crippen LogP contribution in [0.2, 0.25) is 0 Å². The van der Waals surface area contributed by atoms with E-state index in [0.717, 1.165) is 12.8 Å². The van der Waals surface area contributed by atoms with Crippen LogP contribution >= 0.6 is 0 Å². The van der Waals surface area contributed by atoms with Crippen molar-refractivity contribution in [2.75, 3.05) is 12.4 Å². The summed E-state index contributed by atoms with van der Waals surface area (Å²) in [6, 6.07) is 6.45. The van der Waals surface area contributed by atoms with Crippen LogP contribution in [0.1, 0.15) is 36.0 Å². The summed E-state index contributed by atoms with van der Waals surface area (Å²) >= 11 is 0. The molecule has 0 spiro atoms. The number of hydrogen-bond acceptors (Lipinski definition) is 4. The number of aliphatic carboxylic acids is 1. The molecule has 0 heterocycles. The molecular weight excluding hydrogens is 286 g/mol. The number of carbonyl (C=O) groups is 3. The van der Waals surface area contributed by atoms with Crippen molar-refractivity contribution in [2.24, 2.45) is 0 Å². The molecule has 6 heteroatoms. The number of rotatable bonds is 4. The summed E-state index contributed by atoms with van der Waals surface area (Å²) in [5.41, 5.74) is 0.964. The van der Waals surface area contributed by atoms with E-state index in [-0.39, 0.29) is 16.7 Å². The Hall–Kier alpha value is -2.63. The lowest BCUT2D eigenvalue weighted by atomic mass is 9.91. The van der Waals surface area contributed by atoms with E-state index >= 15 is 0 Å². The van der Waals surface area contributed by atoms with Gasteiger partial charge in [-0.25, -0.2) is 9.59 Å². The molecule has 2 N–H and O–H groups in total. The highest BCUT2D eigenvalue weighted by molar-refractivity contribution is 6.11. The molecule has 1 aromatic carbocycles. The molecule has 0 saturated carbocycles. The highest BCUT2D eigenvalue weighted by Crippen LogP contribution is 2.26. The van der Waals surface area contributed by atoms with Crippen molar-refractivity contribution in [3.05, 3.63) is 41.0 Å². The minimum Gasteiger partial charge on any atom is -0.478 e. The summed E-state index contributed by atoms with van der Waals surface area (Å²) < 4.78 is 4.67. The van der Waals surface area contributed by atoms with E-state index in [9.17, 15) is 19.5 Å². The zero-order valence-corrected chi connectivity index (χ0v) is 12.2. The summed E-state index contributed by atoms with van der Waals surface area (Å²) in [5.74, 6) is -2.11. The third-order valence-corrected chi connectivity index (χ3v) is 3.58. The van der Waals surface area contributed by atoms with E-state index in [2.05, 4.69) is 10.1 Å². The van der Waals surface area contributed by atoms with Gasteiger partial charge in [-0.15, -0.1) is 0 Å². The molecule has 0 atom stereocenters. The molecule has 6 nitrogen and oxygen atoms in total. The number of methoxy groups -OCH3 is 1. The van der Waals surface area contributed by atoms with Gasteiger partial charge in [0.05, 0.1) is 18.4 Å². The van der Waals surface area contributed by atoms with Crippen LogP contribution in [0.4, 0.5) is 5.69 Å². The Bertz CT molecular complexity index is 648. The molecule has 0 aromatic heterocycles. The number of carboxylic acids is 1. The van der Waals surface area contributed by atoms with E-state index in [1.165, 1.54) is 13.2 Å². The van der Waals surface area contributed by atoms with Crippen molar-refractivity contribution in [2.45, 2.75) is 25.7 Å². The van der Waals surface area contributed by atoms with Crippen molar-refractivity contribution in [1.82, 2.24) is 0 Å². The number of hydrogen-bond donors (Lipinski definition) is 2. The average Bonchev–Trinajstić information content (AvgIpc) is 2.54. The van der Waals surface area contributed by atoms with Crippen LogP contribution in [0.15, 0.2) is 35.4 Å². The van der Waals surface area contributed by atoms with E-state index in [1.807, 2.05) is 0 Å². The Morgan fingerprint density at radius 3 is 2.36 bits per heavy atom. The van der Waals surface area contributed by atoms with Crippen molar-refractivity contribution in [1.29, 1.82) is 0 Å². The van der Waals surface area contributed by atoms with Gasteiger partial charge in [0.2, 0.25) is 0 Å². The van der Waals surface area contributed by atoms with E-state index in [1.54, 1.807) is 18.2 Å². The number of nitrogens with one attached hydrogen (secondary N) is 1. The van der Waals surface area contributed by atoms with Gasteiger partial charge in [0.1, 0.15) is 0 Å². The van der Waals surface area contributed by atoms with Crippen LogP contribution < -0.4 is 5.32 Å². The first-order valence-corrected chi connectivity index (χ1v) is 6.98. The number of carboxylic acid groups (broad SMARTS) is 1. The Balaban J connectivity index is 2.29. The molecule has 22 heavy (non-hydrogen) atoms. The smallest absolute Gasteiger partial charge is 0.339 e. The zero-order chi connectivity index (χ0) is 16.1. The summed E-state index contributed by atoms with van der Waals surface area (Å²) in [6.45, 7) is 0. The van der Waals surface area contributed by atoms with Gasteiger partial charge in [-0.1, -0.05) is 12.1 Å². The zero-order valence-electron chi connectivity index (χ0n) is 12.2. The molecular formula is C16H17NO5. The van der Waals surface area contributed by atoms with Gasteiger partial charge < -0.3 is 15.2 Å². The Morgan fingerprint density at radius 2 is 1.73 bits per heavy atom. The number of amides is 1. The van der Waals surface area contributed by atoms with Gasteiger partial charge in [-0.2, -0.15) is 0 Å². The maximum absolute atomic E-state index is 12.4. The van der Waals surface area contributed by atoms with Crippen LogP contribution in [0.5, 0.6) is 0 Å². The van der Waals surface area contributed by atoms with Crippen LogP contribution in [0, 0.1) is 0 Å². The number of para-hydroxylation sites is 1. The van der Waals surface area contributed by atoms with Gasteiger partial charge >= 0.3 is 11.9 Å². The van der Waals surface area contributed by atoms with E-state index in [4.69, 9.17) is 0 Å². The highest BCUT2D eigenvalue weighted by atomic mass is 16.5.